The molecule has 0 amide bonds. The third-order valence-electron chi connectivity index (χ3n) is 4.24. The monoisotopic (exact) mass is 388 g/mol. The number of hydrogen-bond donors (Lipinski definition) is 2. The summed E-state index contributed by atoms with van der Waals surface area (Å²) in [5, 5.41) is 13.6. The highest BCUT2D eigenvalue weighted by Crippen LogP contribution is 2.33. The Labute approximate surface area is 151 Å². The zero-order valence-electron chi connectivity index (χ0n) is 14.6. The van der Waals surface area contributed by atoms with E-state index in [0.717, 1.165) is 18.6 Å². The standard InChI is InChI=1S/C16H22F2N4O3S/c1-3-4-7-21-26(24,25)12(2)16(23,9-22-11-19-10-20-22)14-6-5-13(17)8-15(14)18/h5-6,8,10-12,21,23H,3-4,7,9H2,1-2H3/t12-,16-/m1/s1. The zero-order chi connectivity index (χ0) is 19.4. The summed E-state index contributed by atoms with van der Waals surface area (Å²) in [6.07, 6.45) is 3.89. The number of nitrogens with one attached hydrogen (secondary N) is 1. The van der Waals surface area contributed by atoms with E-state index in [-0.39, 0.29) is 18.7 Å². The fraction of sp³-hybridized carbons (Fsp3) is 0.500. The highest BCUT2D eigenvalue weighted by atomic mass is 32.2. The number of hydrogen-bond acceptors (Lipinski definition) is 5. The zero-order valence-corrected chi connectivity index (χ0v) is 15.4. The molecule has 0 saturated heterocycles. The molecule has 10 heteroatoms. The summed E-state index contributed by atoms with van der Waals surface area (Å²) in [6.45, 7) is 3.01. The Morgan fingerprint density at radius 3 is 2.69 bits per heavy atom. The van der Waals surface area contributed by atoms with Crippen LogP contribution in [0.4, 0.5) is 8.78 Å². The molecule has 1 aromatic carbocycles. The van der Waals surface area contributed by atoms with Crippen molar-refractivity contribution in [3.63, 3.8) is 0 Å². The quantitative estimate of drug-likeness (QED) is 0.636. The molecule has 0 saturated carbocycles. The normalized spacial score (nSPS) is 15.6. The number of unbranched alkanes of at least 4 members (excludes halogenated alkanes) is 1. The third-order valence-corrected chi connectivity index (χ3v) is 6.17. The molecule has 0 aliphatic rings. The van der Waals surface area contributed by atoms with Gasteiger partial charge in [-0.2, -0.15) is 5.10 Å². The molecule has 26 heavy (non-hydrogen) atoms. The molecular weight excluding hydrogens is 366 g/mol. The molecule has 1 heterocycles. The van der Waals surface area contributed by atoms with Crippen LogP contribution in [0.15, 0.2) is 30.9 Å². The minimum Gasteiger partial charge on any atom is -0.382 e. The fourth-order valence-electron chi connectivity index (χ4n) is 2.61. The SMILES string of the molecule is CCCCNS(=O)(=O)[C@H](C)[C@](O)(Cn1cncn1)c1ccc(F)cc1F. The van der Waals surface area contributed by atoms with Crippen LogP contribution in [0.1, 0.15) is 32.3 Å². The maximum atomic E-state index is 14.4. The number of rotatable bonds is 9. The van der Waals surface area contributed by atoms with Crippen molar-refractivity contribution in [2.24, 2.45) is 0 Å². The molecule has 0 aliphatic carbocycles. The molecule has 0 spiro atoms. The Kier molecular flexibility index (Phi) is 6.43. The topological polar surface area (TPSA) is 97.1 Å². The molecule has 0 fully saturated rings. The van der Waals surface area contributed by atoms with Crippen LogP contribution < -0.4 is 4.72 Å². The van der Waals surface area contributed by atoms with Crippen molar-refractivity contribution in [1.29, 1.82) is 0 Å². The largest absolute Gasteiger partial charge is 0.382 e. The molecule has 2 rings (SSSR count). The number of sulfonamides is 1. The predicted octanol–water partition coefficient (Wildman–Crippen LogP) is 1.55. The molecule has 144 valence electrons. The van der Waals surface area contributed by atoms with Crippen molar-refractivity contribution < 1.29 is 22.3 Å². The molecule has 0 radical (unpaired) electrons. The van der Waals surface area contributed by atoms with Gasteiger partial charge >= 0.3 is 0 Å². The first-order chi connectivity index (χ1) is 12.2. The summed E-state index contributed by atoms with van der Waals surface area (Å²) >= 11 is 0. The van der Waals surface area contributed by atoms with E-state index in [2.05, 4.69) is 14.8 Å². The highest BCUT2D eigenvalue weighted by molar-refractivity contribution is 7.90. The first-order valence-electron chi connectivity index (χ1n) is 8.19. The minimum absolute atomic E-state index is 0.203. The van der Waals surface area contributed by atoms with Gasteiger partial charge < -0.3 is 5.11 Å². The van der Waals surface area contributed by atoms with Gasteiger partial charge in [0.2, 0.25) is 10.0 Å². The van der Waals surface area contributed by atoms with Crippen LogP contribution in [0.25, 0.3) is 0 Å². The predicted molar refractivity (Wildman–Crippen MR) is 91.6 cm³/mol. The third kappa shape index (κ3) is 4.43. The Bertz CT molecular complexity index is 830. The lowest BCUT2D eigenvalue weighted by molar-refractivity contribution is 0.0107. The van der Waals surface area contributed by atoms with E-state index < -0.39 is 32.5 Å². The van der Waals surface area contributed by atoms with Gasteiger partial charge in [0.15, 0.2) is 0 Å². The van der Waals surface area contributed by atoms with Gasteiger partial charge in [-0.1, -0.05) is 19.4 Å². The van der Waals surface area contributed by atoms with Crippen LogP contribution in [0.2, 0.25) is 0 Å². The fourth-order valence-corrected chi connectivity index (χ4v) is 4.00. The van der Waals surface area contributed by atoms with Crippen molar-refractivity contribution in [2.75, 3.05) is 6.54 Å². The van der Waals surface area contributed by atoms with Gasteiger partial charge in [0, 0.05) is 18.2 Å². The summed E-state index contributed by atoms with van der Waals surface area (Å²) in [6, 6.07) is 2.61. The molecule has 7 nitrogen and oxygen atoms in total. The summed E-state index contributed by atoms with van der Waals surface area (Å²) in [7, 11) is -3.99. The van der Waals surface area contributed by atoms with Gasteiger partial charge in [0.25, 0.3) is 0 Å². The number of nitrogens with zero attached hydrogens (tertiary/aromatic N) is 3. The molecule has 0 bridgehead atoms. The number of aliphatic hydroxyl groups is 1. The average molecular weight is 388 g/mol. The summed E-state index contributed by atoms with van der Waals surface area (Å²) in [4.78, 5) is 3.74. The van der Waals surface area contributed by atoms with Crippen molar-refractivity contribution in [3.05, 3.63) is 48.1 Å². The van der Waals surface area contributed by atoms with Gasteiger partial charge in [0.1, 0.15) is 35.1 Å². The van der Waals surface area contributed by atoms with Crippen molar-refractivity contribution >= 4 is 10.0 Å². The molecule has 1 aromatic heterocycles. The second kappa shape index (κ2) is 8.19. The lowest BCUT2D eigenvalue weighted by Gasteiger charge is -2.34. The van der Waals surface area contributed by atoms with Gasteiger partial charge in [0.05, 0.1) is 6.54 Å². The molecule has 0 unspecified atom stereocenters. The second-order valence-corrected chi connectivity index (χ2v) is 8.16. The van der Waals surface area contributed by atoms with Crippen molar-refractivity contribution in [2.45, 2.75) is 44.1 Å². The smallest absolute Gasteiger partial charge is 0.217 e. The number of benzene rings is 1. The maximum absolute atomic E-state index is 14.4. The number of halogens is 2. The summed E-state index contributed by atoms with van der Waals surface area (Å²) in [5.74, 6) is -1.87. The highest BCUT2D eigenvalue weighted by Gasteiger charge is 2.45. The Morgan fingerprint density at radius 2 is 2.12 bits per heavy atom. The Balaban J connectivity index is 2.46. The van der Waals surface area contributed by atoms with E-state index in [0.29, 0.717) is 12.5 Å². The molecule has 2 atom stereocenters. The lowest BCUT2D eigenvalue weighted by atomic mass is 9.90. The first-order valence-corrected chi connectivity index (χ1v) is 9.74. The van der Waals surface area contributed by atoms with Crippen LogP contribution in [0.5, 0.6) is 0 Å². The van der Waals surface area contributed by atoms with Crippen molar-refractivity contribution in [1.82, 2.24) is 19.5 Å². The van der Waals surface area contributed by atoms with E-state index in [4.69, 9.17) is 0 Å². The van der Waals surface area contributed by atoms with Crippen LogP contribution in [-0.4, -0.2) is 40.1 Å². The molecule has 0 aliphatic heterocycles. The van der Waals surface area contributed by atoms with E-state index in [9.17, 15) is 22.3 Å². The second-order valence-electron chi connectivity index (χ2n) is 6.08. The van der Waals surface area contributed by atoms with Gasteiger partial charge in [-0.15, -0.1) is 0 Å². The van der Waals surface area contributed by atoms with Crippen LogP contribution in [0, 0.1) is 11.6 Å². The summed E-state index contributed by atoms with van der Waals surface area (Å²) in [5.41, 5.74) is -2.52. The van der Waals surface area contributed by atoms with E-state index in [1.165, 1.54) is 24.3 Å². The van der Waals surface area contributed by atoms with Crippen LogP contribution in [0.3, 0.4) is 0 Å². The van der Waals surface area contributed by atoms with Gasteiger partial charge in [-0.05, 0) is 19.4 Å². The van der Waals surface area contributed by atoms with Gasteiger partial charge in [-0.25, -0.2) is 31.6 Å². The first kappa shape index (κ1) is 20.4. The summed E-state index contributed by atoms with van der Waals surface area (Å²) < 4.78 is 56.5. The van der Waals surface area contributed by atoms with E-state index in [1.807, 2.05) is 6.92 Å². The number of aromatic nitrogens is 3. The maximum Gasteiger partial charge on any atom is 0.217 e. The van der Waals surface area contributed by atoms with Crippen molar-refractivity contribution in [3.8, 4) is 0 Å². The Hall–Kier alpha value is -1.91. The average Bonchev–Trinajstić information content (AvgIpc) is 3.06. The lowest BCUT2D eigenvalue weighted by Crippen LogP contribution is -2.50. The van der Waals surface area contributed by atoms with Crippen LogP contribution in [-0.2, 0) is 22.2 Å². The molecule has 2 aromatic rings. The van der Waals surface area contributed by atoms with Gasteiger partial charge in [-0.3, -0.25) is 0 Å². The van der Waals surface area contributed by atoms with E-state index >= 15 is 0 Å². The molecule has 2 N–H and O–H groups in total. The molecular formula is C16H22F2N4O3S. The Morgan fingerprint density at radius 1 is 1.38 bits per heavy atom. The van der Waals surface area contributed by atoms with E-state index in [1.54, 1.807) is 0 Å². The minimum atomic E-state index is -3.99. The van der Waals surface area contributed by atoms with Crippen LogP contribution >= 0.6 is 0 Å².